The maximum atomic E-state index is 11.3. The highest BCUT2D eigenvalue weighted by molar-refractivity contribution is 14.1. The lowest BCUT2D eigenvalue weighted by atomic mass is 10.3. The molecule has 3 nitrogen and oxygen atoms in total. The van der Waals surface area contributed by atoms with Gasteiger partial charge in [0.05, 0.1) is 0 Å². The summed E-state index contributed by atoms with van der Waals surface area (Å²) in [5.74, 6) is 0. The molecule has 1 saturated heterocycles. The first kappa shape index (κ1) is 10.1. The predicted molar refractivity (Wildman–Crippen MR) is 57.7 cm³/mol. The minimum atomic E-state index is 0.198. The first-order valence-corrected chi connectivity index (χ1v) is 5.84. The maximum Gasteiger partial charge on any atom is 0.319 e. The Morgan fingerprint density at radius 1 is 1.42 bits per heavy atom. The molecule has 70 valence electrons. The fourth-order valence-corrected chi connectivity index (χ4v) is 1.85. The van der Waals surface area contributed by atoms with Crippen LogP contribution in [0.15, 0.2) is 0 Å². The van der Waals surface area contributed by atoms with Crippen molar-refractivity contribution in [1.29, 1.82) is 0 Å². The van der Waals surface area contributed by atoms with E-state index in [9.17, 15) is 4.79 Å². The summed E-state index contributed by atoms with van der Waals surface area (Å²) in [5, 5.41) is 0. The first-order chi connectivity index (χ1) is 5.75. The lowest BCUT2D eigenvalue weighted by Gasteiger charge is -2.14. The normalized spacial score (nSPS) is 17.7. The lowest BCUT2D eigenvalue weighted by Crippen LogP contribution is -2.30. The van der Waals surface area contributed by atoms with Crippen LogP contribution in [0.4, 0.5) is 4.79 Å². The third kappa shape index (κ3) is 2.50. The minimum Gasteiger partial charge on any atom is -0.326 e. The van der Waals surface area contributed by atoms with Gasteiger partial charge < -0.3 is 9.80 Å². The average Bonchev–Trinajstić information content (AvgIpc) is 2.36. The van der Waals surface area contributed by atoms with Crippen molar-refractivity contribution in [1.82, 2.24) is 9.80 Å². The molecule has 2 amide bonds. The standard InChI is InChI=1S/C8H15IN2O/c1-10-6-7-11(8(10)12)5-3-2-4-9/h2-7H2,1H3. The van der Waals surface area contributed by atoms with Gasteiger partial charge in [0, 0.05) is 26.7 Å². The summed E-state index contributed by atoms with van der Waals surface area (Å²) >= 11 is 2.37. The molecule has 1 aliphatic rings. The number of carbonyl (C=O) groups is 1. The van der Waals surface area contributed by atoms with Crippen molar-refractivity contribution < 1.29 is 4.79 Å². The van der Waals surface area contributed by atoms with E-state index in [2.05, 4.69) is 22.6 Å². The predicted octanol–water partition coefficient (Wildman–Crippen LogP) is 1.57. The summed E-state index contributed by atoms with van der Waals surface area (Å²) in [5.41, 5.74) is 0. The van der Waals surface area contributed by atoms with Gasteiger partial charge in [-0.1, -0.05) is 22.6 Å². The van der Waals surface area contributed by atoms with Crippen LogP contribution in [-0.2, 0) is 0 Å². The molecule has 0 unspecified atom stereocenters. The summed E-state index contributed by atoms with van der Waals surface area (Å²) in [4.78, 5) is 15.1. The van der Waals surface area contributed by atoms with Crippen molar-refractivity contribution in [2.45, 2.75) is 12.8 Å². The van der Waals surface area contributed by atoms with E-state index in [-0.39, 0.29) is 6.03 Å². The molecule has 12 heavy (non-hydrogen) atoms. The van der Waals surface area contributed by atoms with Gasteiger partial charge in [0.25, 0.3) is 0 Å². The van der Waals surface area contributed by atoms with Gasteiger partial charge in [0.1, 0.15) is 0 Å². The Labute approximate surface area is 87.2 Å². The topological polar surface area (TPSA) is 23.6 Å². The zero-order valence-corrected chi connectivity index (χ0v) is 9.58. The van der Waals surface area contributed by atoms with Crippen molar-refractivity contribution in [3.8, 4) is 0 Å². The van der Waals surface area contributed by atoms with Crippen molar-refractivity contribution in [2.24, 2.45) is 0 Å². The number of alkyl halides is 1. The van der Waals surface area contributed by atoms with E-state index < -0.39 is 0 Å². The summed E-state index contributed by atoms with van der Waals surface area (Å²) < 4.78 is 1.19. The summed E-state index contributed by atoms with van der Waals surface area (Å²) in [7, 11) is 1.86. The fraction of sp³-hybridized carbons (Fsp3) is 0.875. The van der Waals surface area contributed by atoms with E-state index in [0.29, 0.717) is 0 Å². The van der Waals surface area contributed by atoms with Crippen LogP contribution < -0.4 is 0 Å². The number of carbonyl (C=O) groups excluding carboxylic acids is 1. The van der Waals surface area contributed by atoms with Crippen LogP contribution in [0, 0.1) is 0 Å². The van der Waals surface area contributed by atoms with Gasteiger partial charge in [-0.2, -0.15) is 0 Å². The van der Waals surface area contributed by atoms with Gasteiger partial charge >= 0.3 is 6.03 Å². The second-order valence-corrected chi connectivity index (χ2v) is 4.17. The van der Waals surface area contributed by atoms with E-state index in [4.69, 9.17) is 0 Å². The van der Waals surface area contributed by atoms with E-state index in [1.165, 1.54) is 10.8 Å². The van der Waals surface area contributed by atoms with E-state index in [1.54, 1.807) is 4.90 Å². The Kier molecular flexibility index (Phi) is 4.11. The molecule has 1 fully saturated rings. The van der Waals surface area contributed by atoms with Crippen molar-refractivity contribution in [3.63, 3.8) is 0 Å². The minimum absolute atomic E-state index is 0.198. The molecular weight excluding hydrogens is 267 g/mol. The number of likely N-dealkylation sites (N-methyl/N-ethyl adjacent to an activating group) is 1. The molecule has 0 spiro atoms. The molecule has 0 aromatic carbocycles. The maximum absolute atomic E-state index is 11.3. The number of unbranched alkanes of at least 4 members (excludes halogenated alkanes) is 1. The molecule has 0 aromatic heterocycles. The monoisotopic (exact) mass is 282 g/mol. The summed E-state index contributed by atoms with van der Waals surface area (Å²) in [6, 6.07) is 0.198. The average molecular weight is 282 g/mol. The molecule has 1 aliphatic heterocycles. The summed E-state index contributed by atoms with van der Waals surface area (Å²) in [6.45, 7) is 2.74. The van der Waals surface area contributed by atoms with Gasteiger partial charge in [-0.25, -0.2) is 4.79 Å². The molecule has 0 saturated carbocycles. The van der Waals surface area contributed by atoms with Crippen LogP contribution in [0.1, 0.15) is 12.8 Å². The number of amides is 2. The zero-order chi connectivity index (χ0) is 8.97. The smallest absolute Gasteiger partial charge is 0.319 e. The number of nitrogens with zero attached hydrogens (tertiary/aromatic N) is 2. The molecule has 1 rings (SSSR count). The molecule has 0 N–H and O–H groups in total. The first-order valence-electron chi connectivity index (χ1n) is 4.31. The molecule has 1 heterocycles. The number of halogens is 1. The number of urea groups is 1. The molecule has 0 aromatic rings. The zero-order valence-electron chi connectivity index (χ0n) is 7.42. The second kappa shape index (κ2) is 4.89. The van der Waals surface area contributed by atoms with Crippen LogP contribution in [0.25, 0.3) is 0 Å². The van der Waals surface area contributed by atoms with E-state index >= 15 is 0 Å². The van der Waals surface area contributed by atoms with Crippen molar-refractivity contribution in [3.05, 3.63) is 0 Å². The molecule has 0 aliphatic carbocycles. The van der Waals surface area contributed by atoms with Crippen LogP contribution in [0.2, 0.25) is 0 Å². The Bertz CT molecular complexity index is 163. The van der Waals surface area contributed by atoms with Crippen molar-refractivity contribution >= 4 is 28.6 Å². The quantitative estimate of drug-likeness (QED) is 0.436. The van der Waals surface area contributed by atoms with Gasteiger partial charge in [-0.05, 0) is 17.3 Å². The van der Waals surface area contributed by atoms with Gasteiger partial charge in [-0.3, -0.25) is 0 Å². The highest BCUT2D eigenvalue weighted by Crippen LogP contribution is 2.07. The van der Waals surface area contributed by atoms with Crippen molar-refractivity contribution in [2.75, 3.05) is 31.1 Å². The number of hydrogen-bond donors (Lipinski definition) is 0. The lowest BCUT2D eigenvalue weighted by molar-refractivity contribution is 0.198. The van der Waals surface area contributed by atoms with Gasteiger partial charge in [-0.15, -0.1) is 0 Å². The Hall–Kier alpha value is -0.0000000000000000555. The Morgan fingerprint density at radius 2 is 2.17 bits per heavy atom. The van der Waals surface area contributed by atoms with Gasteiger partial charge in [0.2, 0.25) is 0 Å². The summed E-state index contributed by atoms with van der Waals surface area (Å²) in [6.07, 6.45) is 2.36. The Morgan fingerprint density at radius 3 is 2.67 bits per heavy atom. The largest absolute Gasteiger partial charge is 0.326 e. The number of rotatable bonds is 4. The van der Waals surface area contributed by atoms with Crippen LogP contribution in [0.3, 0.4) is 0 Å². The number of hydrogen-bond acceptors (Lipinski definition) is 1. The van der Waals surface area contributed by atoms with Crippen LogP contribution in [-0.4, -0.2) is 46.9 Å². The third-order valence-electron chi connectivity index (χ3n) is 2.11. The highest BCUT2D eigenvalue weighted by Gasteiger charge is 2.23. The molecule has 0 radical (unpaired) electrons. The van der Waals surface area contributed by atoms with E-state index in [1.807, 2.05) is 11.9 Å². The van der Waals surface area contributed by atoms with Crippen LogP contribution >= 0.6 is 22.6 Å². The molecule has 4 heteroatoms. The van der Waals surface area contributed by atoms with Gasteiger partial charge in [0.15, 0.2) is 0 Å². The Balaban J connectivity index is 2.20. The molecule has 0 atom stereocenters. The highest BCUT2D eigenvalue weighted by atomic mass is 127. The van der Waals surface area contributed by atoms with E-state index in [0.717, 1.165) is 26.1 Å². The SMILES string of the molecule is CN1CCN(CCCCI)C1=O. The van der Waals surface area contributed by atoms with Crippen LogP contribution in [0.5, 0.6) is 0 Å². The third-order valence-corrected chi connectivity index (χ3v) is 2.88. The molecular formula is C8H15IN2O. The molecule has 0 bridgehead atoms. The fourth-order valence-electron chi connectivity index (χ4n) is 1.31. The second-order valence-electron chi connectivity index (χ2n) is 3.09.